The second kappa shape index (κ2) is 4.30. The quantitative estimate of drug-likeness (QED) is 0.824. The predicted molar refractivity (Wildman–Crippen MR) is 72.5 cm³/mol. The molecule has 0 amide bonds. The zero-order chi connectivity index (χ0) is 12.5. The van der Waals surface area contributed by atoms with E-state index in [1.165, 1.54) is 12.8 Å². The second-order valence-electron chi connectivity index (χ2n) is 4.97. The molecule has 0 N–H and O–H groups in total. The molecule has 0 spiro atoms. The number of anilines is 1. The Balaban J connectivity index is 2.13. The largest absolute Gasteiger partial charge is 0.373 e. The fraction of sp³-hybridized carbons (Fsp3) is 0.333. The predicted octanol–water partition coefficient (Wildman–Crippen LogP) is 2.95. The van der Waals surface area contributed by atoms with Gasteiger partial charge in [0.05, 0.1) is 16.8 Å². The summed E-state index contributed by atoms with van der Waals surface area (Å²) in [5, 5.41) is 10.3. The first-order valence-corrected chi connectivity index (χ1v) is 6.28. The van der Waals surface area contributed by atoms with E-state index in [1.54, 1.807) is 6.20 Å². The van der Waals surface area contributed by atoms with Gasteiger partial charge in [0.25, 0.3) is 0 Å². The van der Waals surface area contributed by atoms with Crippen LogP contribution in [0.5, 0.6) is 0 Å². The minimum absolute atomic E-state index is 0.664. The van der Waals surface area contributed by atoms with Gasteiger partial charge in [-0.25, -0.2) is 0 Å². The van der Waals surface area contributed by atoms with Crippen molar-refractivity contribution in [3.63, 3.8) is 0 Å². The molecule has 3 heteroatoms. The molecule has 1 saturated carbocycles. The van der Waals surface area contributed by atoms with Gasteiger partial charge in [0.1, 0.15) is 6.07 Å². The maximum Gasteiger partial charge on any atom is 0.103 e. The first-order valence-electron chi connectivity index (χ1n) is 6.28. The summed E-state index contributed by atoms with van der Waals surface area (Å²) in [5.41, 5.74) is 2.64. The summed E-state index contributed by atoms with van der Waals surface area (Å²) in [6, 6.07) is 10.3. The van der Waals surface area contributed by atoms with Crippen LogP contribution in [0, 0.1) is 17.2 Å². The molecule has 1 aromatic carbocycles. The number of hydrogen-bond donors (Lipinski definition) is 0. The number of aromatic nitrogens is 1. The van der Waals surface area contributed by atoms with Crippen molar-refractivity contribution < 1.29 is 0 Å². The number of pyridine rings is 1. The third kappa shape index (κ3) is 1.91. The lowest BCUT2D eigenvalue weighted by atomic mass is 10.1. The Bertz CT molecular complexity index is 623. The normalized spacial score (nSPS) is 14.4. The highest BCUT2D eigenvalue weighted by Gasteiger charge is 2.24. The van der Waals surface area contributed by atoms with E-state index >= 15 is 0 Å². The van der Waals surface area contributed by atoms with E-state index < -0.39 is 0 Å². The number of fused-ring (bicyclic) bond motifs is 1. The SMILES string of the molecule is CN(CC1CC1)c1c(C#N)cnc2ccccc12. The highest BCUT2D eigenvalue weighted by Crippen LogP contribution is 2.34. The number of nitrogens with zero attached hydrogens (tertiary/aromatic N) is 3. The molecule has 1 heterocycles. The van der Waals surface area contributed by atoms with Gasteiger partial charge in [0.2, 0.25) is 0 Å². The minimum Gasteiger partial charge on any atom is -0.373 e. The van der Waals surface area contributed by atoms with Gasteiger partial charge in [0.15, 0.2) is 0 Å². The maximum atomic E-state index is 9.26. The van der Waals surface area contributed by atoms with Crippen LogP contribution >= 0.6 is 0 Å². The van der Waals surface area contributed by atoms with E-state index in [4.69, 9.17) is 0 Å². The Hall–Kier alpha value is -2.08. The Morgan fingerprint density at radius 1 is 1.39 bits per heavy atom. The van der Waals surface area contributed by atoms with Crippen LogP contribution in [-0.4, -0.2) is 18.6 Å². The zero-order valence-electron chi connectivity index (χ0n) is 10.4. The summed E-state index contributed by atoms with van der Waals surface area (Å²) in [5.74, 6) is 0.800. The van der Waals surface area contributed by atoms with Crippen LogP contribution in [-0.2, 0) is 0 Å². The first kappa shape index (κ1) is 11.0. The van der Waals surface area contributed by atoms with E-state index in [2.05, 4.69) is 23.0 Å². The number of rotatable bonds is 3. The molecule has 90 valence electrons. The summed E-state index contributed by atoms with van der Waals surface area (Å²) in [4.78, 5) is 6.55. The lowest BCUT2D eigenvalue weighted by Crippen LogP contribution is -2.21. The fourth-order valence-electron chi connectivity index (χ4n) is 2.40. The average molecular weight is 237 g/mol. The van der Waals surface area contributed by atoms with Crippen LogP contribution in [0.1, 0.15) is 18.4 Å². The highest BCUT2D eigenvalue weighted by molar-refractivity contribution is 5.94. The molecule has 2 aromatic rings. The Labute approximate surface area is 107 Å². The van der Waals surface area contributed by atoms with Crippen LogP contribution in [0.3, 0.4) is 0 Å². The topological polar surface area (TPSA) is 39.9 Å². The third-order valence-corrected chi connectivity index (χ3v) is 3.48. The molecule has 0 bridgehead atoms. The lowest BCUT2D eigenvalue weighted by molar-refractivity contribution is 0.788. The molecule has 1 aromatic heterocycles. The summed E-state index contributed by atoms with van der Waals surface area (Å²) in [7, 11) is 2.07. The van der Waals surface area contributed by atoms with Crippen LogP contribution < -0.4 is 4.90 Å². The van der Waals surface area contributed by atoms with Crippen molar-refractivity contribution in [2.75, 3.05) is 18.5 Å². The Morgan fingerprint density at radius 3 is 2.89 bits per heavy atom. The lowest BCUT2D eigenvalue weighted by Gasteiger charge is -2.22. The molecular weight excluding hydrogens is 222 g/mol. The van der Waals surface area contributed by atoms with Crippen molar-refractivity contribution in [1.82, 2.24) is 4.98 Å². The van der Waals surface area contributed by atoms with Gasteiger partial charge >= 0.3 is 0 Å². The monoisotopic (exact) mass is 237 g/mol. The van der Waals surface area contributed by atoms with Gasteiger partial charge in [-0.2, -0.15) is 5.26 Å². The van der Waals surface area contributed by atoms with Crippen LogP contribution in [0.25, 0.3) is 10.9 Å². The fourth-order valence-corrected chi connectivity index (χ4v) is 2.40. The van der Waals surface area contributed by atoms with Gasteiger partial charge in [0, 0.05) is 25.2 Å². The molecule has 3 nitrogen and oxygen atoms in total. The molecule has 0 atom stereocenters. The molecule has 0 unspecified atom stereocenters. The second-order valence-corrected chi connectivity index (χ2v) is 4.97. The molecule has 0 aliphatic heterocycles. The van der Waals surface area contributed by atoms with Crippen molar-refractivity contribution in [2.45, 2.75) is 12.8 Å². The average Bonchev–Trinajstić information content (AvgIpc) is 3.21. The van der Waals surface area contributed by atoms with Crippen molar-refractivity contribution in [3.05, 3.63) is 36.0 Å². The Kier molecular flexibility index (Phi) is 2.64. The summed E-state index contributed by atoms with van der Waals surface area (Å²) in [6.07, 6.45) is 4.31. The number of nitriles is 1. The van der Waals surface area contributed by atoms with E-state index in [-0.39, 0.29) is 0 Å². The molecule has 0 saturated heterocycles. The first-order chi connectivity index (χ1) is 8.79. The van der Waals surface area contributed by atoms with Gasteiger partial charge in [-0.1, -0.05) is 18.2 Å². The number of hydrogen-bond acceptors (Lipinski definition) is 3. The van der Waals surface area contributed by atoms with Gasteiger partial charge in [-0.15, -0.1) is 0 Å². The third-order valence-electron chi connectivity index (χ3n) is 3.48. The molecule has 1 fully saturated rings. The summed E-state index contributed by atoms with van der Waals surface area (Å²) >= 11 is 0. The summed E-state index contributed by atoms with van der Waals surface area (Å²) < 4.78 is 0. The van der Waals surface area contributed by atoms with E-state index in [0.29, 0.717) is 5.56 Å². The summed E-state index contributed by atoms with van der Waals surface area (Å²) in [6.45, 7) is 1.03. The van der Waals surface area contributed by atoms with E-state index in [0.717, 1.165) is 29.1 Å². The smallest absolute Gasteiger partial charge is 0.103 e. The minimum atomic E-state index is 0.664. The number of para-hydroxylation sites is 1. The van der Waals surface area contributed by atoms with E-state index in [1.807, 2.05) is 24.3 Å². The molecule has 18 heavy (non-hydrogen) atoms. The maximum absolute atomic E-state index is 9.26. The van der Waals surface area contributed by atoms with Crippen molar-refractivity contribution in [3.8, 4) is 6.07 Å². The van der Waals surface area contributed by atoms with Gasteiger partial charge in [-0.05, 0) is 24.8 Å². The van der Waals surface area contributed by atoms with Gasteiger partial charge < -0.3 is 4.90 Å². The molecule has 0 radical (unpaired) electrons. The Morgan fingerprint density at radius 2 is 2.17 bits per heavy atom. The van der Waals surface area contributed by atoms with Crippen molar-refractivity contribution in [1.29, 1.82) is 5.26 Å². The van der Waals surface area contributed by atoms with Crippen LogP contribution in [0.2, 0.25) is 0 Å². The van der Waals surface area contributed by atoms with Crippen molar-refractivity contribution in [2.24, 2.45) is 5.92 Å². The highest BCUT2D eigenvalue weighted by atomic mass is 15.1. The molecular formula is C15H15N3. The standard InChI is InChI=1S/C15H15N3/c1-18(10-11-6-7-11)15-12(8-16)9-17-14-5-3-2-4-13(14)15/h2-5,9,11H,6-7,10H2,1H3. The van der Waals surface area contributed by atoms with Crippen molar-refractivity contribution >= 4 is 16.6 Å². The zero-order valence-corrected chi connectivity index (χ0v) is 10.4. The van der Waals surface area contributed by atoms with Gasteiger partial charge in [-0.3, -0.25) is 4.98 Å². The van der Waals surface area contributed by atoms with E-state index in [9.17, 15) is 5.26 Å². The molecule has 1 aliphatic carbocycles. The van der Waals surface area contributed by atoms with Crippen LogP contribution in [0.4, 0.5) is 5.69 Å². The number of benzene rings is 1. The molecule has 3 rings (SSSR count). The van der Waals surface area contributed by atoms with Crippen LogP contribution in [0.15, 0.2) is 30.5 Å². The molecule has 1 aliphatic rings.